The van der Waals surface area contributed by atoms with Crippen molar-refractivity contribution < 1.29 is 18.7 Å². The highest BCUT2D eigenvalue weighted by molar-refractivity contribution is 6.21. The number of aliphatic imine (C=N–C) groups is 1. The zero-order valence-electron chi connectivity index (χ0n) is 15.7. The number of Topliss-reactive ketones (excluding diaryl/α,β-unsaturated/α-hetero) is 1. The van der Waals surface area contributed by atoms with Crippen molar-refractivity contribution in [2.45, 2.75) is 0 Å². The third-order valence-corrected chi connectivity index (χ3v) is 4.49. The Kier molecular flexibility index (Phi) is 5.07. The van der Waals surface area contributed by atoms with Gasteiger partial charge in [-0.15, -0.1) is 0 Å². The number of rotatable bonds is 6. The Hall–Kier alpha value is -3.93. The molecule has 1 aromatic heterocycles. The summed E-state index contributed by atoms with van der Waals surface area (Å²) in [7, 11) is 1.54. The number of carbonyl (C=O) groups excluding carboxylic acids is 2. The Balaban J connectivity index is 1.67. The van der Waals surface area contributed by atoms with Crippen LogP contribution in [0.25, 0.3) is 6.08 Å². The molecule has 2 heterocycles. The van der Waals surface area contributed by atoms with E-state index >= 15 is 0 Å². The van der Waals surface area contributed by atoms with Gasteiger partial charge >= 0.3 is 0 Å². The molecule has 0 N–H and O–H groups in total. The van der Waals surface area contributed by atoms with Gasteiger partial charge in [0.05, 0.1) is 19.9 Å². The number of hydrogen-bond acceptors (Lipinski definition) is 5. The van der Waals surface area contributed by atoms with Gasteiger partial charge in [-0.05, 0) is 24.3 Å². The van der Waals surface area contributed by atoms with Crippen molar-refractivity contribution in [3.63, 3.8) is 0 Å². The van der Waals surface area contributed by atoms with E-state index in [0.717, 1.165) is 5.56 Å². The third-order valence-electron chi connectivity index (χ3n) is 4.49. The van der Waals surface area contributed by atoms with Crippen LogP contribution in [0.3, 0.4) is 0 Å². The Morgan fingerprint density at radius 3 is 2.66 bits per heavy atom. The zero-order chi connectivity index (χ0) is 20.2. The highest BCUT2D eigenvalue weighted by Crippen LogP contribution is 2.23. The monoisotopic (exact) mass is 386 g/mol. The van der Waals surface area contributed by atoms with Crippen LogP contribution < -0.4 is 4.74 Å². The molecule has 0 spiro atoms. The van der Waals surface area contributed by atoms with E-state index in [9.17, 15) is 9.59 Å². The van der Waals surface area contributed by atoms with Gasteiger partial charge in [0.25, 0.3) is 5.91 Å². The molecular formula is C23H18N2O4. The molecule has 1 aliphatic heterocycles. The van der Waals surface area contributed by atoms with Crippen molar-refractivity contribution in [2.24, 2.45) is 4.99 Å². The van der Waals surface area contributed by atoms with Gasteiger partial charge in [0.1, 0.15) is 23.0 Å². The molecule has 6 nitrogen and oxygen atoms in total. The fourth-order valence-electron chi connectivity index (χ4n) is 3.04. The lowest BCUT2D eigenvalue weighted by Crippen LogP contribution is -2.37. The van der Waals surface area contributed by atoms with Crippen LogP contribution in [-0.2, 0) is 4.79 Å². The second-order valence-corrected chi connectivity index (χ2v) is 6.39. The average molecular weight is 386 g/mol. The molecule has 0 saturated heterocycles. The molecule has 0 atom stereocenters. The highest BCUT2D eigenvalue weighted by Gasteiger charge is 2.33. The summed E-state index contributed by atoms with van der Waals surface area (Å²) in [5.74, 6) is 0.978. The number of hydrogen-bond donors (Lipinski definition) is 0. The van der Waals surface area contributed by atoms with Gasteiger partial charge in [-0.1, -0.05) is 42.5 Å². The maximum absolute atomic E-state index is 13.0. The second-order valence-electron chi connectivity index (χ2n) is 6.39. The number of ketones is 1. The first-order chi connectivity index (χ1) is 14.2. The smallest absolute Gasteiger partial charge is 0.278 e. The van der Waals surface area contributed by atoms with E-state index in [1.54, 1.807) is 49.6 Å². The summed E-state index contributed by atoms with van der Waals surface area (Å²) in [6.45, 7) is -0.130. The van der Waals surface area contributed by atoms with Crippen molar-refractivity contribution >= 4 is 23.6 Å². The minimum absolute atomic E-state index is 0.130. The molecule has 0 saturated carbocycles. The summed E-state index contributed by atoms with van der Waals surface area (Å²) in [6, 6.07) is 19.6. The molecule has 1 aliphatic rings. The Morgan fingerprint density at radius 1 is 1.10 bits per heavy atom. The maximum Gasteiger partial charge on any atom is 0.278 e. The first-order valence-corrected chi connectivity index (χ1v) is 9.04. The molecule has 4 rings (SSSR count). The SMILES string of the molecule is COc1cccc(C(=O)CN2C(=O)/C(=C/c3ccco3)N=C2c2ccccc2)c1. The number of amidine groups is 1. The molecular weight excluding hydrogens is 368 g/mol. The van der Waals surface area contributed by atoms with Crippen LogP contribution in [0.5, 0.6) is 5.75 Å². The molecule has 0 fully saturated rings. The zero-order valence-corrected chi connectivity index (χ0v) is 15.7. The van der Waals surface area contributed by atoms with Crippen molar-refractivity contribution in [1.82, 2.24) is 4.90 Å². The maximum atomic E-state index is 13.0. The van der Waals surface area contributed by atoms with Gasteiger partial charge in [0, 0.05) is 17.2 Å². The first-order valence-electron chi connectivity index (χ1n) is 9.04. The quantitative estimate of drug-likeness (QED) is 0.477. The predicted molar refractivity (Wildman–Crippen MR) is 109 cm³/mol. The molecule has 3 aromatic rings. The standard InChI is InChI=1S/C23H18N2O4/c1-28-18-10-5-9-17(13-18)21(26)15-25-22(16-7-3-2-4-8-16)24-20(23(25)27)14-19-11-6-12-29-19/h2-14H,15H2,1H3/b20-14-. The molecule has 0 bridgehead atoms. The lowest BCUT2D eigenvalue weighted by atomic mass is 10.1. The third kappa shape index (κ3) is 3.87. The minimum atomic E-state index is -0.350. The van der Waals surface area contributed by atoms with Crippen LogP contribution in [0, 0.1) is 0 Å². The van der Waals surface area contributed by atoms with Crippen LogP contribution in [-0.4, -0.2) is 36.1 Å². The summed E-state index contributed by atoms with van der Waals surface area (Å²) in [5, 5.41) is 0. The minimum Gasteiger partial charge on any atom is -0.497 e. The molecule has 6 heteroatoms. The molecule has 1 amide bonds. The average Bonchev–Trinajstić information content (AvgIpc) is 3.38. The van der Waals surface area contributed by atoms with Crippen molar-refractivity contribution in [3.05, 3.63) is 95.6 Å². The number of methoxy groups -OCH3 is 1. The summed E-state index contributed by atoms with van der Waals surface area (Å²) in [6.07, 6.45) is 3.10. The Morgan fingerprint density at radius 2 is 1.93 bits per heavy atom. The Bertz CT molecular complexity index is 1100. The Labute approximate surface area is 167 Å². The first kappa shape index (κ1) is 18.4. The highest BCUT2D eigenvalue weighted by atomic mass is 16.5. The van der Waals surface area contributed by atoms with E-state index < -0.39 is 0 Å². The molecule has 0 unspecified atom stereocenters. The number of ether oxygens (including phenoxy) is 1. The van der Waals surface area contributed by atoms with Crippen LogP contribution in [0.2, 0.25) is 0 Å². The fourth-order valence-corrected chi connectivity index (χ4v) is 3.04. The van der Waals surface area contributed by atoms with E-state index in [1.807, 2.05) is 30.3 Å². The van der Waals surface area contributed by atoms with Gasteiger partial charge in [0.15, 0.2) is 5.78 Å². The van der Waals surface area contributed by atoms with Crippen LogP contribution in [0.1, 0.15) is 21.7 Å². The van der Waals surface area contributed by atoms with Crippen molar-refractivity contribution in [2.75, 3.05) is 13.7 Å². The summed E-state index contributed by atoms with van der Waals surface area (Å²) in [4.78, 5) is 31.8. The number of benzene rings is 2. The predicted octanol–water partition coefficient (Wildman–Crippen LogP) is 3.80. The number of furan rings is 1. The van der Waals surface area contributed by atoms with Gasteiger partial charge in [-0.3, -0.25) is 14.5 Å². The molecule has 29 heavy (non-hydrogen) atoms. The van der Waals surface area contributed by atoms with Crippen molar-refractivity contribution in [1.29, 1.82) is 0 Å². The lowest BCUT2D eigenvalue weighted by molar-refractivity contribution is -0.122. The second kappa shape index (κ2) is 7.98. The summed E-state index contributed by atoms with van der Waals surface area (Å²) in [5.41, 5.74) is 1.44. The van der Waals surface area contributed by atoms with Crippen LogP contribution in [0.15, 0.2) is 88.1 Å². The van der Waals surface area contributed by atoms with Gasteiger partial charge in [-0.2, -0.15) is 0 Å². The van der Waals surface area contributed by atoms with Crippen molar-refractivity contribution in [3.8, 4) is 5.75 Å². The van der Waals surface area contributed by atoms with Gasteiger partial charge < -0.3 is 9.15 Å². The summed E-state index contributed by atoms with van der Waals surface area (Å²) >= 11 is 0. The molecule has 144 valence electrons. The molecule has 0 radical (unpaired) electrons. The van der Waals surface area contributed by atoms with Crippen LogP contribution in [0.4, 0.5) is 0 Å². The normalized spacial score (nSPS) is 14.9. The van der Waals surface area contributed by atoms with E-state index in [2.05, 4.69) is 4.99 Å². The fraction of sp³-hybridized carbons (Fsp3) is 0.0870. The number of nitrogens with zero attached hydrogens (tertiary/aromatic N) is 2. The van der Waals surface area contributed by atoms with E-state index in [4.69, 9.17) is 9.15 Å². The topological polar surface area (TPSA) is 72.1 Å². The van der Waals surface area contributed by atoms with Crippen LogP contribution >= 0.6 is 0 Å². The molecule has 2 aromatic carbocycles. The van der Waals surface area contributed by atoms with Gasteiger partial charge in [-0.25, -0.2) is 4.99 Å². The van der Waals surface area contributed by atoms with E-state index in [0.29, 0.717) is 22.9 Å². The number of carbonyl (C=O) groups is 2. The summed E-state index contributed by atoms with van der Waals surface area (Å²) < 4.78 is 10.5. The number of amides is 1. The van der Waals surface area contributed by atoms with E-state index in [-0.39, 0.29) is 23.9 Å². The molecule has 0 aliphatic carbocycles. The van der Waals surface area contributed by atoms with Gasteiger partial charge in [0.2, 0.25) is 0 Å². The largest absolute Gasteiger partial charge is 0.497 e. The van der Waals surface area contributed by atoms with E-state index in [1.165, 1.54) is 11.2 Å². The lowest BCUT2D eigenvalue weighted by Gasteiger charge is -2.17.